The van der Waals surface area contributed by atoms with Gasteiger partial charge in [0, 0.05) is 6.61 Å². The second kappa shape index (κ2) is 9.56. The van der Waals surface area contributed by atoms with Crippen LogP contribution >= 0.6 is 0 Å². The van der Waals surface area contributed by atoms with Gasteiger partial charge in [0.1, 0.15) is 5.41 Å². The fourth-order valence-corrected chi connectivity index (χ4v) is 2.59. The number of carbonyl (C=O) groups is 1. The van der Waals surface area contributed by atoms with Crippen LogP contribution in [0.1, 0.15) is 57.9 Å². The molecule has 0 bridgehead atoms. The van der Waals surface area contributed by atoms with Crippen molar-refractivity contribution in [3.63, 3.8) is 0 Å². The van der Waals surface area contributed by atoms with Gasteiger partial charge in [-0.2, -0.15) is 0 Å². The first kappa shape index (κ1) is 17.7. The van der Waals surface area contributed by atoms with Gasteiger partial charge in [-0.25, -0.2) is 0 Å². The van der Waals surface area contributed by atoms with E-state index in [-0.39, 0.29) is 6.61 Å². The minimum atomic E-state index is -0.913. The Kier molecular flexibility index (Phi) is 8.06. The van der Waals surface area contributed by atoms with E-state index in [1.165, 1.54) is 0 Å². The van der Waals surface area contributed by atoms with Crippen molar-refractivity contribution in [2.24, 2.45) is 0 Å². The first-order chi connectivity index (χ1) is 10.2. The predicted octanol–water partition coefficient (Wildman–Crippen LogP) is 4.41. The van der Waals surface area contributed by atoms with Gasteiger partial charge in [-0.15, -0.1) is 0 Å². The number of hydrogen-bond donors (Lipinski definition) is 1. The van der Waals surface area contributed by atoms with Crippen LogP contribution in [-0.4, -0.2) is 24.3 Å². The van der Waals surface area contributed by atoms with Gasteiger partial charge in [0.15, 0.2) is 0 Å². The Hall–Kier alpha value is -1.35. The van der Waals surface area contributed by atoms with Crippen LogP contribution in [0.3, 0.4) is 0 Å². The smallest absolute Gasteiger partial charge is 0.316 e. The molecule has 1 aromatic rings. The predicted molar refractivity (Wildman–Crippen MR) is 85.6 cm³/mol. The Bertz CT molecular complexity index is 402. The maximum absolute atomic E-state index is 12.0. The molecular formula is C18H28O3. The third-order valence-electron chi connectivity index (χ3n) is 3.89. The average Bonchev–Trinajstić information content (AvgIpc) is 2.50. The molecule has 0 aromatic heterocycles. The highest BCUT2D eigenvalue weighted by Crippen LogP contribution is 2.31. The lowest BCUT2D eigenvalue weighted by Crippen LogP contribution is -2.40. The normalized spacial score (nSPS) is 13.8. The summed E-state index contributed by atoms with van der Waals surface area (Å²) in [6, 6.07) is 9.53. The van der Waals surface area contributed by atoms with Crippen LogP contribution in [0.5, 0.6) is 0 Å². The molecule has 0 saturated heterocycles. The number of ether oxygens (including phenoxy) is 1. The van der Waals surface area contributed by atoms with Gasteiger partial charge in [-0.05, 0) is 18.4 Å². The van der Waals surface area contributed by atoms with E-state index >= 15 is 0 Å². The van der Waals surface area contributed by atoms with E-state index in [0.29, 0.717) is 13.0 Å². The fraction of sp³-hybridized carbons (Fsp3) is 0.611. The minimum Gasteiger partial charge on any atom is -0.481 e. The van der Waals surface area contributed by atoms with E-state index in [9.17, 15) is 9.90 Å². The quantitative estimate of drug-likeness (QED) is 0.615. The lowest BCUT2D eigenvalue weighted by molar-refractivity contribution is -0.147. The van der Waals surface area contributed by atoms with Gasteiger partial charge in [0.05, 0.1) is 6.61 Å². The van der Waals surface area contributed by atoms with Crippen molar-refractivity contribution in [1.82, 2.24) is 0 Å². The number of unbranched alkanes of at least 4 members (excludes halogenated alkanes) is 3. The molecule has 1 unspecified atom stereocenters. The summed E-state index contributed by atoms with van der Waals surface area (Å²) >= 11 is 0. The van der Waals surface area contributed by atoms with Crippen LogP contribution in [0.2, 0.25) is 0 Å². The fourth-order valence-electron chi connectivity index (χ4n) is 2.59. The van der Waals surface area contributed by atoms with Crippen molar-refractivity contribution < 1.29 is 14.6 Å². The zero-order valence-corrected chi connectivity index (χ0v) is 13.3. The summed E-state index contributed by atoms with van der Waals surface area (Å²) in [6.07, 6.45) is 5.84. The Morgan fingerprint density at radius 3 is 2.38 bits per heavy atom. The highest BCUT2D eigenvalue weighted by atomic mass is 16.5. The summed E-state index contributed by atoms with van der Waals surface area (Å²) in [6.45, 7) is 5.06. The number of aliphatic carboxylic acids is 1. The lowest BCUT2D eigenvalue weighted by atomic mass is 9.77. The molecule has 0 heterocycles. The molecule has 1 aromatic carbocycles. The van der Waals surface area contributed by atoms with Crippen LogP contribution in [0.25, 0.3) is 0 Å². The number of benzene rings is 1. The summed E-state index contributed by atoms with van der Waals surface area (Å²) in [7, 11) is 0. The summed E-state index contributed by atoms with van der Waals surface area (Å²) in [5, 5.41) is 9.85. The third kappa shape index (κ3) is 5.16. The highest BCUT2D eigenvalue weighted by molar-refractivity contribution is 5.81. The van der Waals surface area contributed by atoms with Gasteiger partial charge in [0.2, 0.25) is 0 Å². The van der Waals surface area contributed by atoms with Gasteiger partial charge < -0.3 is 9.84 Å². The van der Waals surface area contributed by atoms with Crippen molar-refractivity contribution in [2.75, 3.05) is 13.2 Å². The molecule has 118 valence electrons. The molecule has 3 nitrogen and oxygen atoms in total. The van der Waals surface area contributed by atoms with Gasteiger partial charge in [-0.1, -0.05) is 69.9 Å². The first-order valence-corrected chi connectivity index (χ1v) is 8.04. The van der Waals surface area contributed by atoms with E-state index in [2.05, 4.69) is 6.92 Å². The van der Waals surface area contributed by atoms with Crippen LogP contribution in [0, 0.1) is 0 Å². The second-order valence-corrected chi connectivity index (χ2v) is 5.62. The third-order valence-corrected chi connectivity index (χ3v) is 3.89. The van der Waals surface area contributed by atoms with Crippen molar-refractivity contribution in [1.29, 1.82) is 0 Å². The summed E-state index contributed by atoms with van der Waals surface area (Å²) in [5.41, 5.74) is -0.0606. The molecule has 0 radical (unpaired) electrons. The lowest BCUT2D eigenvalue weighted by Gasteiger charge is -2.30. The molecule has 1 rings (SSSR count). The molecule has 0 spiro atoms. The molecular weight excluding hydrogens is 264 g/mol. The summed E-state index contributed by atoms with van der Waals surface area (Å²) in [4.78, 5) is 12.0. The minimum absolute atomic E-state index is 0.256. The second-order valence-electron chi connectivity index (χ2n) is 5.62. The van der Waals surface area contributed by atoms with Gasteiger partial charge in [-0.3, -0.25) is 4.79 Å². The van der Waals surface area contributed by atoms with E-state index in [4.69, 9.17) is 4.74 Å². The van der Waals surface area contributed by atoms with Crippen LogP contribution in [0.15, 0.2) is 30.3 Å². The van der Waals surface area contributed by atoms with Crippen molar-refractivity contribution in [3.05, 3.63) is 35.9 Å². The molecule has 0 amide bonds. The largest absolute Gasteiger partial charge is 0.481 e. The summed E-state index contributed by atoms with van der Waals surface area (Å²) < 4.78 is 5.64. The molecule has 0 aliphatic carbocycles. The SMILES string of the molecule is CCCCCCC(COCCC)(C(=O)O)c1ccccc1. The number of rotatable bonds is 11. The standard InChI is InChI=1S/C18H28O3/c1-3-5-6-10-13-18(17(19)20,15-21-14-4-2)16-11-8-7-9-12-16/h7-9,11-12H,3-6,10,13-15H2,1-2H3,(H,19,20). The molecule has 3 heteroatoms. The number of carboxylic acids is 1. The Morgan fingerprint density at radius 2 is 1.81 bits per heavy atom. The first-order valence-electron chi connectivity index (χ1n) is 8.04. The highest BCUT2D eigenvalue weighted by Gasteiger charge is 2.40. The monoisotopic (exact) mass is 292 g/mol. The molecule has 21 heavy (non-hydrogen) atoms. The molecule has 0 aliphatic rings. The van der Waals surface area contributed by atoms with E-state index in [1.807, 2.05) is 37.3 Å². The summed E-state index contributed by atoms with van der Waals surface area (Å²) in [5.74, 6) is -0.777. The van der Waals surface area contributed by atoms with Gasteiger partial charge in [0.25, 0.3) is 0 Å². The van der Waals surface area contributed by atoms with Crippen molar-refractivity contribution in [2.45, 2.75) is 57.8 Å². The zero-order chi connectivity index (χ0) is 15.6. The number of carboxylic acid groups (broad SMARTS) is 1. The topological polar surface area (TPSA) is 46.5 Å². The Morgan fingerprint density at radius 1 is 1.10 bits per heavy atom. The van der Waals surface area contributed by atoms with E-state index < -0.39 is 11.4 Å². The zero-order valence-electron chi connectivity index (χ0n) is 13.3. The van der Waals surface area contributed by atoms with Crippen LogP contribution in [-0.2, 0) is 14.9 Å². The average molecular weight is 292 g/mol. The molecule has 0 saturated carbocycles. The van der Waals surface area contributed by atoms with E-state index in [0.717, 1.165) is 37.7 Å². The Balaban J connectivity index is 2.90. The number of hydrogen-bond acceptors (Lipinski definition) is 2. The van der Waals surface area contributed by atoms with Gasteiger partial charge >= 0.3 is 5.97 Å². The molecule has 1 atom stereocenters. The van der Waals surface area contributed by atoms with Crippen LogP contribution in [0.4, 0.5) is 0 Å². The Labute approximate surface area is 128 Å². The maximum atomic E-state index is 12.0. The van der Waals surface area contributed by atoms with Crippen molar-refractivity contribution in [3.8, 4) is 0 Å². The van der Waals surface area contributed by atoms with E-state index in [1.54, 1.807) is 0 Å². The van der Waals surface area contributed by atoms with Crippen LogP contribution < -0.4 is 0 Å². The molecule has 0 fully saturated rings. The molecule has 1 N–H and O–H groups in total. The van der Waals surface area contributed by atoms with Crippen molar-refractivity contribution >= 4 is 5.97 Å². The maximum Gasteiger partial charge on any atom is 0.316 e. The molecule has 0 aliphatic heterocycles.